The van der Waals surface area contributed by atoms with Crippen LogP contribution in [-0.4, -0.2) is 91.0 Å². The molecule has 0 saturated carbocycles. The fraction of sp³-hybridized carbons (Fsp3) is 0.688. The molecule has 9 nitrogen and oxygen atoms in total. The lowest BCUT2D eigenvalue weighted by molar-refractivity contribution is 0.0361. The predicted octanol–water partition coefficient (Wildman–Crippen LogP) is 0.403. The van der Waals surface area contributed by atoms with E-state index >= 15 is 0 Å². The first-order chi connectivity index (χ1) is 12.1. The van der Waals surface area contributed by atoms with Crippen LogP contribution in [0.3, 0.4) is 0 Å². The number of hydrogen-bond acceptors (Lipinski definition) is 6. The molecular weight excluding hydrogens is 360 g/mol. The Kier molecular flexibility index (Phi) is 4.72. The maximum atomic E-state index is 12.9. The summed E-state index contributed by atoms with van der Waals surface area (Å²) in [5.74, 6) is -0.437. The smallest absolute Gasteiger partial charge is 0.319 e. The van der Waals surface area contributed by atoms with Crippen molar-refractivity contribution in [3.05, 3.63) is 17.5 Å². The van der Waals surface area contributed by atoms with Crippen LogP contribution in [0.15, 0.2) is 10.6 Å². The van der Waals surface area contributed by atoms with E-state index in [4.69, 9.17) is 4.52 Å². The van der Waals surface area contributed by atoms with Crippen LogP contribution >= 0.6 is 0 Å². The summed E-state index contributed by atoms with van der Waals surface area (Å²) in [4.78, 5) is 29.8. The van der Waals surface area contributed by atoms with Crippen molar-refractivity contribution in [3.8, 4) is 0 Å². The highest BCUT2D eigenvalue weighted by atomic mass is 32.2. The van der Waals surface area contributed by atoms with Crippen LogP contribution < -0.4 is 0 Å². The Morgan fingerprint density at radius 2 is 1.77 bits per heavy atom. The summed E-state index contributed by atoms with van der Waals surface area (Å²) in [5.41, 5.74) is 0.672. The molecule has 0 aromatic carbocycles. The lowest BCUT2D eigenvalue weighted by atomic mass is 10.0. The Balaban J connectivity index is 1.87. The summed E-state index contributed by atoms with van der Waals surface area (Å²) in [6.07, 6.45) is 0. The molecule has 0 aliphatic carbocycles. The van der Waals surface area contributed by atoms with E-state index < -0.39 is 21.9 Å². The maximum Gasteiger partial charge on any atom is 0.319 e. The molecule has 2 fully saturated rings. The molecule has 2 saturated heterocycles. The van der Waals surface area contributed by atoms with Crippen molar-refractivity contribution in [1.29, 1.82) is 0 Å². The molecule has 2 aliphatic rings. The zero-order valence-electron chi connectivity index (χ0n) is 15.4. The van der Waals surface area contributed by atoms with Crippen molar-refractivity contribution in [3.63, 3.8) is 0 Å². The first-order valence-electron chi connectivity index (χ1n) is 8.56. The van der Waals surface area contributed by atoms with Crippen molar-refractivity contribution in [2.24, 2.45) is 0 Å². The third-order valence-electron chi connectivity index (χ3n) is 4.90. The Bertz CT molecular complexity index is 816. The van der Waals surface area contributed by atoms with Crippen molar-refractivity contribution < 1.29 is 22.5 Å². The molecule has 0 N–H and O–H groups in total. The third kappa shape index (κ3) is 3.29. The summed E-state index contributed by atoms with van der Waals surface area (Å²) in [6, 6.07) is 0.242. The molecule has 26 heavy (non-hydrogen) atoms. The van der Waals surface area contributed by atoms with Gasteiger partial charge in [0, 0.05) is 33.3 Å². The van der Waals surface area contributed by atoms with E-state index in [9.17, 15) is 18.0 Å². The van der Waals surface area contributed by atoms with Crippen LogP contribution in [0.25, 0.3) is 0 Å². The molecule has 2 aliphatic heterocycles. The van der Waals surface area contributed by atoms with E-state index in [1.807, 2.05) is 13.8 Å². The van der Waals surface area contributed by atoms with E-state index in [2.05, 4.69) is 5.16 Å². The quantitative estimate of drug-likeness (QED) is 0.731. The highest BCUT2D eigenvalue weighted by Crippen LogP contribution is 2.29. The van der Waals surface area contributed by atoms with Crippen LogP contribution in [0.2, 0.25) is 0 Å². The lowest BCUT2D eigenvalue weighted by Gasteiger charge is -2.44. The number of rotatable bonds is 2. The molecule has 0 bridgehead atoms. The fourth-order valence-electron chi connectivity index (χ4n) is 3.50. The fourth-order valence-corrected chi connectivity index (χ4v) is 5.48. The maximum absolute atomic E-state index is 12.9. The average molecular weight is 384 g/mol. The van der Waals surface area contributed by atoms with Gasteiger partial charge in [0.25, 0.3) is 5.91 Å². The van der Waals surface area contributed by atoms with Gasteiger partial charge in [-0.2, -0.15) is 0 Å². The zero-order valence-corrected chi connectivity index (χ0v) is 16.2. The second-order valence-electron chi connectivity index (χ2n) is 7.35. The van der Waals surface area contributed by atoms with Crippen LogP contribution in [0.1, 0.15) is 36.0 Å². The molecule has 2 atom stereocenters. The normalized spacial score (nSPS) is 24.7. The second-order valence-corrected chi connectivity index (χ2v) is 9.51. The standard InChI is InChI=1S/C16H24N4O5S/c1-10(2)11-7-14(25-17-11)15(21)19-5-6-20(16(22)18(3)4)13-9-26(23,24)8-12(13)19/h7,10,12-13H,5-6,8-9H2,1-4H3/t12-,13+/m0/s1. The third-order valence-corrected chi connectivity index (χ3v) is 6.59. The number of carbonyl (C=O) groups excluding carboxylic acids is 2. The molecule has 3 amide bonds. The van der Waals surface area contributed by atoms with Crippen LogP contribution in [0.4, 0.5) is 4.79 Å². The van der Waals surface area contributed by atoms with Crippen molar-refractivity contribution in [2.45, 2.75) is 31.8 Å². The van der Waals surface area contributed by atoms with E-state index in [-0.39, 0.29) is 48.2 Å². The van der Waals surface area contributed by atoms with E-state index in [0.29, 0.717) is 5.69 Å². The summed E-state index contributed by atoms with van der Waals surface area (Å²) >= 11 is 0. The SMILES string of the molecule is CC(C)c1cc(C(=O)N2CCN(C(=O)N(C)C)[C@@H]3CS(=O)(=O)C[C@@H]32)on1. The molecule has 3 rings (SSSR count). The zero-order chi connectivity index (χ0) is 19.2. The number of fused-ring (bicyclic) bond motifs is 1. The van der Waals surface area contributed by atoms with Crippen LogP contribution in [0, 0.1) is 0 Å². The molecule has 144 valence electrons. The Morgan fingerprint density at radius 3 is 2.31 bits per heavy atom. The molecule has 3 heterocycles. The molecule has 10 heteroatoms. The molecular formula is C16H24N4O5S. The number of nitrogens with zero attached hydrogens (tertiary/aromatic N) is 4. The Labute approximate surface area is 152 Å². The first-order valence-corrected chi connectivity index (χ1v) is 10.4. The second kappa shape index (κ2) is 6.57. The lowest BCUT2D eigenvalue weighted by Crippen LogP contribution is -2.63. The van der Waals surface area contributed by atoms with Crippen LogP contribution in [0.5, 0.6) is 0 Å². The summed E-state index contributed by atoms with van der Waals surface area (Å²) in [7, 11) is -0.0798. The van der Waals surface area contributed by atoms with Gasteiger partial charge in [0.15, 0.2) is 9.84 Å². The molecule has 1 aromatic heterocycles. The van der Waals surface area contributed by atoms with Crippen molar-refractivity contribution in [1.82, 2.24) is 19.9 Å². The summed E-state index contributed by atoms with van der Waals surface area (Å²) in [5, 5.41) is 3.90. The molecule has 0 spiro atoms. The number of hydrogen-bond donors (Lipinski definition) is 0. The summed E-state index contributed by atoms with van der Waals surface area (Å²) < 4.78 is 29.6. The number of urea groups is 1. The van der Waals surface area contributed by atoms with Crippen molar-refractivity contribution in [2.75, 3.05) is 38.7 Å². The Hall–Kier alpha value is -2.10. The average Bonchev–Trinajstić information content (AvgIpc) is 3.15. The molecule has 0 unspecified atom stereocenters. The highest BCUT2D eigenvalue weighted by molar-refractivity contribution is 7.91. The number of amides is 3. The topological polar surface area (TPSA) is 104 Å². The number of carbonyl (C=O) groups is 2. The number of piperazine rings is 1. The van der Waals surface area contributed by atoms with Crippen molar-refractivity contribution >= 4 is 21.8 Å². The van der Waals surface area contributed by atoms with Gasteiger partial charge in [-0.15, -0.1) is 0 Å². The van der Waals surface area contributed by atoms with Gasteiger partial charge in [-0.1, -0.05) is 19.0 Å². The summed E-state index contributed by atoms with van der Waals surface area (Å²) in [6.45, 7) is 4.42. The van der Waals surface area contributed by atoms with Gasteiger partial charge < -0.3 is 19.2 Å². The minimum atomic E-state index is -3.33. The van der Waals surface area contributed by atoms with Gasteiger partial charge in [0.05, 0.1) is 29.3 Å². The first kappa shape index (κ1) is 18.7. The van der Waals surface area contributed by atoms with Gasteiger partial charge >= 0.3 is 6.03 Å². The van der Waals surface area contributed by atoms with E-state index in [0.717, 1.165) is 0 Å². The van der Waals surface area contributed by atoms with Gasteiger partial charge in [0.1, 0.15) is 0 Å². The van der Waals surface area contributed by atoms with E-state index in [1.165, 1.54) is 9.80 Å². The van der Waals surface area contributed by atoms with Crippen LogP contribution in [-0.2, 0) is 9.84 Å². The molecule has 0 radical (unpaired) electrons. The number of aromatic nitrogens is 1. The Morgan fingerprint density at radius 1 is 1.19 bits per heavy atom. The van der Waals surface area contributed by atoms with Gasteiger partial charge in [0.2, 0.25) is 5.76 Å². The van der Waals surface area contributed by atoms with Gasteiger partial charge in [-0.3, -0.25) is 4.79 Å². The van der Waals surface area contributed by atoms with Gasteiger partial charge in [-0.05, 0) is 5.92 Å². The number of sulfone groups is 1. The minimum absolute atomic E-state index is 0.101. The highest BCUT2D eigenvalue weighted by Gasteiger charge is 2.50. The van der Waals surface area contributed by atoms with Gasteiger partial charge in [-0.25, -0.2) is 13.2 Å². The van der Waals surface area contributed by atoms with E-state index in [1.54, 1.807) is 25.1 Å². The molecule has 1 aromatic rings. The largest absolute Gasteiger partial charge is 0.351 e. The minimum Gasteiger partial charge on any atom is -0.351 e. The monoisotopic (exact) mass is 384 g/mol. The predicted molar refractivity (Wildman–Crippen MR) is 93.6 cm³/mol.